The van der Waals surface area contributed by atoms with Crippen molar-refractivity contribution in [1.82, 2.24) is 15.6 Å². The number of nitrogens with one attached hydrogen (secondary N) is 1. The molecule has 0 unspecified atom stereocenters. The third kappa shape index (κ3) is 4.11. The molecule has 0 aliphatic rings. The molecule has 1 amide bonds. The smallest absolute Gasteiger partial charge is 0.224 e. The van der Waals surface area contributed by atoms with Gasteiger partial charge in [-0.15, -0.1) is 0 Å². The van der Waals surface area contributed by atoms with Crippen LogP contribution in [0.25, 0.3) is 11.3 Å². The summed E-state index contributed by atoms with van der Waals surface area (Å²) in [6, 6.07) is 7.22. The molecule has 8 nitrogen and oxygen atoms in total. The Labute approximate surface area is 156 Å². The molecule has 0 saturated heterocycles. The highest BCUT2D eigenvalue weighted by Gasteiger charge is 2.15. The molecule has 0 aliphatic heterocycles. The summed E-state index contributed by atoms with van der Waals surface area (Å²) in [5.41, 5.74) is 2.94. The highest BCUT2D eigenvalue weighted by Crippen LogP contribution is 2.32. The molecule has 0 radical (unpaired) electrons. The number of benzene rings is 1. The van der Waals surface area contributed by atoms with E-state index in [9.17, 15) is 4.79 Å². The van der Waals surface area contributed by atoms with Crippen molar-refractivity contribution < 1.29 is 23.3 Å². The van der Waals surface area contributed by atoms with E-state index in [1.165, 1.54) is 0 Å². The van der Waals surface area contributed by atoms with Gasteiger partial charge in [-0.3, -0.25) is 4.79 Å². The van der Waals surface area contributed by atoms with Gasteiger partial charge in [0.2, 0.25) is 5.91 Å². The third-order valence-corrected chi connectivity index (χ3v) is 4.21. The number of aryl methyl sites for hydroxylation is 2. The van der Waals surface area contributed by atoms with Gasteiger partial charge in [-0.25, -0.2) is 0 Å². The Morgan fingerprint density at radius 2 is 1.85 bits per heavy atom. The Bertz CT molecular complexity index is 925. The van der Waals surface area contributed by atoms with Crippen molar-refractivity contribution in [2.24, 2.45) is 0 Å². The second kappa shape index (κ2) is 7.94. The average molecular weight is 371 g/mol. The molecular weight excluding hydrogens is 350 g/mol. The fourth-order valence-corrected chi connectivity index (χ4v) is 2.69. The molecule has 1 aromatic carbocycles. The lowest BCUT2D eigenvalue weighted by Gasteiger charge is -2.07. The topological polar surface area (TPSA) is 99.6 Å². The first-order chi connectivity index (χ1) is 13.0. The summed E-state index contributed by atoms with van der Waals surface area (Å²) in [4.78, 5) is 12.1. The van der Waals surface area contributed by atoms with Gasteiger partial charge in [0.05, 0.1) is 32.9 Å². The number of rotatable bonds is 7. The van der Waals surface area contributed by atoms with E-state index in [1.807, 2.05) is 13.0 Å². The molecule has 0 atom stereocenters. The number of aromatic nitrogens is 2. The number of carbonyl (C=O) groups is 1. The van der Waals surface area contributed by atoms with Gasteiger partial charge in [-0.2, -0.15) is 0 Å². The Balaban J connectivity index is 1.63. The van der Waals surface area contributed by atoms with E-state index in [1.54, 1.807) is 39.3 Å². The minimum absolute atomic E-state index is 0.139. The van der Waals surface area contributed by atoms with Crippen molar-refractivity contribution in [3.8, 4) is 22.8 Å². The first kappa shape index (κ1) is 18.5. The molecule has 1 N–H and O–H groups in total. The van der Waals surface area contributed by atoms with Crippen LogP contribution in [0.1, 0.15) is 22.7 Å². The summed E-state index contributed by atoms with van der Waals surface area (Å²) in [5, 5.41) is 10.7. The van der Waals surface area contributed by atoms with Gasteiger partial charge < -0.3 is 23.8 Å². The standard InChI is InChI=1S/C19H21N3O5/c1-11-15(12(2)26-21-11)9-19(23)20-10-14-8-17(27-22-14)13-5-6-16(24-3)18(7-13)25-4/h5-8H,9-10H2,1-4H3,(H,20,23). The van der Waals surface area contributed by atoms with E-state index < -0.39 is 0 Å². The van der Waals surface area contributed by atoms with Crippen LogP contribution in [0.2, 0.25) is 0 Å². The summed E-state index contributed by atoms with van der Waals surface area (Å²) in [7, 11) is 3.15. The lowest BCUT2D eigenvalue weighted by molar-refractivity contribution is -0.120. The largest absolute Gasteiger partial charge is 0.493 e. The van der Waals surface area contributed by atoms with E-state index in [2.05, 4.69) is 15.6 Å². The van der Waals surface area contributed by atoms with Gasteiger partial charge in [-0.05, 0) is 32.0 Å². The number of hydrogen-bond donors (Lipinski definition) is 1. The zero-order valence-corrected chi connectivity index (χ0v) is 15.7. The molecule has 3 rings (SSSR count). The Kier molecular flexibility index (Phi) is 5.44. The normalized spacial score (nSPS) is 10.7. The predicted octanol–water partition coefficient (Wildman–Crippen LogP) is 2.82. The van der Waals surface area contributed by atoms with Crippen LogP contribution in [0.3, 0.4) is 0 Å². The number of hydrogen-bond acceptors (Lipinski definition) is 7. The first-order valence-electron chi connectivity index (χ1n) is 8.38. The molecule has 2 aromatic heterocycles. The predicted molar refractivity (Wildman–Crippen MR) is 96.6 cm³/mol. The summed E-state index contributed by atoms with van der Waals surface area (Å²) < 4.78 is 21.0. The monoisotopic (exact) mass is 371 g/mol. The molecule has 8 heteroatoms. The number of amides is 1. The zero-order chi connectivity index (χ0) is 19.4. The molecule has 3 aromatic rings. The second-order valence-electron chi connectivity index (χ2n) is 6.01. The first-order valence-corrected chi connectivity index (χ1v) is 8.38. The minimum Gasteiger partial charge on any atom is -0.493 e. The van der Waals surface area contributed by atoms with Crippen LogP contribution < -0.4 is 14.8 Å². The van der Waals surface area contributed by atoms with Crippen LogP contribution in [0, 0.1) is 13.8 Å². The van der Waals surface area contributed by atoms with Gasteiger partial charge in [0.1, 0.15) is 11.5 Å². The Morgan fingerprint density at radius 1 is 1.07 bits per heavy atom. The van der Waals surface area contributed by atoms with Gasteiger partial charge in [0, 0.05) is 17.2 Å². The van der Waals surface area contributed by atoms with E-state index >= 15 is 0 Å². The lowest BCUT2D eigenvalue weighted by Crippen LogP contribution is -2.25. The van der Waals surface area contributed by atoms with Crippen LogP contribution in [0.4, 0.5) is 0 Å². The van der Waals surface area contributed by atoms with Crippen molar-refractivity contribution in [3.05, 3.63) is 47.0 Å². The van der Waals surface area contributed by atoms with Gasteiger partial charge >= 0.3 is 0 Å². The van der Waals surface area contributed by atoms with Gasteiger partial charge in [0.15, 0.2) is 17.3 Å². The maximum Gasteiger partial charge on any atom is 0.224 e. The third-order valence-electron chi connectivity index (χ3n) is 4.21. The summed E-state index contributed by atoms with van der Waals surface area (Å²) in [6.45, 7) is 3.86. The molecule has 0 aliphatic carbocycles. The van der Waals surface area contributed by atoms with Crippen molar-refractivity contribution in [1.29, 1.82) is 0 Å². The SMILES string of the molecule is COc1ccc(-c2cc(CNC(=O)Cc3c(C)noc3C)no2)cc1OC. The maximum absolute atomic E-state index is 12.1. The second-order valence-corrected chi connectivity index (χ2v) is 6.01. The van der Waals surface area contributed by atoms with Crippen molar-refractivity contribution in [3.63, 3.8) is 0 Å². The highest BCUT2D eigenvalue weighted by molar-refractivity contribution is 5.79. The maximum atomic E-state index is 12.1. The van der Waals surface area contributed by atoms with Crippen molar-refractivity contribution >= 4 is 5.91 Å². The molecule has 27 heavy (non-hydrogen) atoms. The fraction of sp³-hybridized carbons (Fsp3) is 0.316. The summed E-state index contributed by atoms with van der Waals surface area (Å²) in [6.07, 6.45) is 0.210. The minimum atomic E-state index is -0.139. The molecule has 0 fully saturated rings. The molecule has 2 heterocycles. The van der Waals surface area contributed by atoms with Crippen LogP contribution in [0.5, 0.6) is 11.5 Å². The van der Waals surface area contributed by atoms with Crippen molar-refractivity contribution in [2.75, 3.05) is 14.2 Å². The molecule has 142 valence electrons. The van der Waals surface area contributed by atoms with Crippen LogP contribution >= 0.6 is 0 Å². The Hall–Kier alpha value is -3.29. The van der Waals surface area contributed by atoms with E-state index in [-0.39, 0.29) is 18.9 Å². The molecule has 0 saturated carbocycles. The van der Waals surface area contributed by atoms with Crippen molar-refractivity contribution in [2.45, 2.75) is 26.8 Å². The highest BCUT2D eigenvalue weighted by atomic mass is 16.5. The van der Waals surface area contributed by atoms with Gasteiger partial charge in [-0.1, -0.05) is 10.3 Å². The lowest BCUT2D eigenvalue weighted by atomic mass is 10.1. The molecule has 0 spiro atoms. The summed E-state index contributed by atoms with van der Waals surface area (Å²) >= 11 is 0. The quantitative estimate of drug-likeness (QED) is 0.681. The van der Waals surface area contributed by atoms with E-state index in [0.29, 0.717) is 28.7 Å². The number of methoxy groups -OCH3 is 2. The van der Waals surface area contributed by atoms with E-state index in [0.717, 1.165) is 16.8 Å². The number of carbonyl (C=O) groups excluding carboxylic acids is 1. The molecular formula is C19H21N3O5. The zero-order valence-electron chi connectivity index (χ0n) is 15.7. The van der Waals surface area contributed by atoms with E-state index in [4.69, 9.17) is 18.5 Å². The summed E-state index contributed by atoms with van der Waals surface area (Å²) in [5.74, 6) is 2.32. The average Bonchev–Trinajstić information content (AvgIpc) is 3.28. The van der Waals surface area contributed by atoms with Crippen LogP contribution in [0.15, 0.2) is 33.3 Å². The Morgan fingerprint density at radius 3 is 2.52 bits per heavy atom. The van der Waals surface area contributed by atoms with Gasteiger partial charge in [0.25, 0.3) is 0 Å². The van der Waals surface area contributed by atoms with Crippen LogP contribution in [-0.2, 0) is 17.8 Å². The molecule has 0 bridgehead atoms. The fourth-order valence-electron chi connectivity index (χ4n) is 2.69. The number of nitrogens with zero attached hydrogens (tertiary/aromatic N) is 2. The van der Waals surface area contributed by atoms with Crippen LogP contribution in [-0.4, -0.2) is 30.4 Å². The number of ether oxygens (including phenoxy) is 2.